The maximum absolute atomic E-state index is 10.8. The van der Waals surface area contributed by atoms with Crippen LogP contribution in [0.4, 0.5) is 0 Å². The quantitative estimate of drug-likeness (QED) is 0.753. The van der Waals surface area contributed by atoms with Crippen molar-refractivity contribution in [1.29, 1.82) is 0 Å². The number of carboxylic acid groups (broad SMARTS) is 2. The minimum atomic E-state index is -1.53. The number of hydrogen-bond acceptors (Lipinski definition) is 4. The summed E-state index contributed by atoms with van der Waals surface area (Å²) in [4.78, 5) is 21.6. The monoisotopic (exact) mass is 224 g/mol. The smallest absolute Gasteiger partial charge is 0.349 e. The van der Waals surface area contributed by atoms with E-state index in [-0.39, 0.29) is 11.5 Å². The summed E-state index contributed by atoms with van der Waals surface area (Å²) < 4.78 is 10.1. The largest absolute Gasteiger partial charge is 0.478 e. The van der Waals surface area contributed by atoms with Crippen molar-refractivity contribution in [3.05, 3.63) is 24.3 Å². The molecule has 0 aromatic heterocycles. The minimum Gasteiger partial charge on any atom is -0.478 e. The Morgan fingerprint density at radius 3 is 1.62 bits per heavy atom. The van der Waals surface area contributed by atoms with Gasteiger partial charge in [-0.05, 0) is 12.1 Å². The predicted molar refractivity (Wildman–Crippen MR) is 50.5 cm³/mol. The van der Waals surface area contributed by atoms with E-state index in [1.165, 1.54) is 12.1 Å². The molecule has 6 nitrogen and oxygen atoms in total. The Morgan fingerprint density at radius 1 is 0.938 bits per heavy atom. The van der Waals surface area contributed by atoms with Gasteiger partial charge in [-0.15, -0.1) is 0 Å². The summed E-state index contributed by atoms with van der Waals surface area (Å²) in [5, 5.41) is 17.6. The average Bonchev–Trinajstić information content (AvgIpc) is 2.27. The van der Waals surface area contributed by atoms with Gasteiger partial charge in [-0.2, -0.15) is 0 Å². The minimum absolute atomic E-state index is 0.229. The van der Waals surface area contributed by atoms with Crippen molar-refractivity contribution in [2.45, 2.75) is 12.2 Å². The van der Waals surface area contributed by atoms with Gasteiger partial charge in [0.05, 0.1) is 0 Å². The molecule has 0 amide bonds. The van der Waals surface area contributed by atoms with E-state index >= 15 is 0 Å². The molecule has 16 heavy (non-hydrogen) atoms. The lowest BCUT2D eigenvalue weighted by Crippen LogP contribution is -2.49. The zero-order valence-corrected chi connectivity index (χ0v) is 7.99. The molecule has 0 spiro atoms. The Bertz CT molecular complexity index is 400. The average molecular weight is 224 g/mol. The van der Waals surface area contributed by atoms with E-state index < -0.39 is 24.1 Å². The Hall–Kier alpha value is -2.24. The molecule has 2 atom stereocenters. The number of hydrogen-bond donors (Lipinski definition) is 2. The van der Waals surface area contributed by atoms with Crippen molar-refractivity contribution < 1.29 is 29.3 Å². The van der Waals surface area contributed by atoms with Gasteiger partial charge in [-0.1, -0.05) is 12.1 Å². The van der Waals surface area contributed by atoms with Gasteiger partial charge < -0.3 is 19.7 Å². The molecular weight excluding hydrogens is 216 g/mol. The molecule has 2 N–H and O–H groups in total. The molecule has 1 aliphatic rings. The highest BCUT2D eigenvalue weighted by Crippen LogP contribution is 2.33. The van der Waals surface area contributed by atoms with E-state index in [1.807, 2.05) is 0 Å². The number of benzene rings is 1. The van der Waals surface area contributed by atoms with Crippen LogP contribution in [0.1, 0.15) is 0 Å². The fourth-order valence-corrected chi connectivity index (χ4v) is 1.40. The van der Waals surface area contributed by atoms with Gasteiger partial charge in [0.15, 0.2) is 11.5 Å². The van der Waals surface area contributed by atoms with E-state index in [0.29, 0.717) is 0 Å². The first-order chi connectivity index (χ1) is 7.59. The SMILES string of the molecule is O=C(O)[C@@H]1Oc2ccccc2O[C@H]1C(=O)O. The van der Waals surface area contributed by atoms with E-state index in [9.17, 15) is 9.59 Å². The topological polar surface area (TPSA) is 93.1 Å². The van der Waals surface area contributed by atoms with Gasteiger partial charge in [0.2, 0.25) is 12.2 Å². The summed E-state index contributed by atoms with van der Waals surface area (Å²) in [6, 6.07) is 6.32. The summed E-state index contributed by atoms with van der Waals surface area (Å²) >= 11 is 0. The van der Waals surface area contributed by atoms with Crippen LogP contribution in [-0.4, -0.2) is 34.4 Å². The molecule has 1 aliphatic heterocycles. The number of rotatable bonds is 2. The van der Waals surface area contributed by atoms with Crippen molar-refractivity contribution in [3.8, 4) is 11.5 Å². The molecule has 84 valence electrons. The molecule has 6 heteroatoms. The highest BCUT2D eigenvalue weighted by atomic mass is 16.6. The van der Waals surface area contributed by atoms with Crippen molar-refractivity contribution in [2.24, 2.45) is 0 Å². The molecule has 1 heterocycles. The number of carboxylic acids is 2. The fourth-order valence-electron chi connectivity index (χ4n) is 1.40. The van der Waals surface area contributed by atoms with Gasteiger partial charge in [0.1, 0.15) is 0 Å². The molecular formula is C10H8O6. The zero-order valence-electron chi connectivity index (χ0n) is 7.99. The lowest BCUT2D eigenvalue weighted by molar-refractivity contribution is -0.164. The van der Waals surface area contributed by atoms with Crippen LogP contribution in [0.2, 0.25) is 0 Å². The number of ether oxygens (including phenoxy) is 2. The molecule has 0 aliphatic carbocycles. The summed E-state index contributed by atoms with van der Waals surface area (Å²) in [6.07, 6.45) is -3.07. The molecule has 0 unspecified atom stereocenters. The maximum Gasteiger partial charge on any atom is 0.349 e. The van der Waals surface area contributed by atoms with Crippen molar-refractivity contribution in [2.75, 3.05) is 0 Å². The number of aliphatic carboxylic acids is 2. The molecule has 1 aromatic rings. The van der Waals surface area contributed by atoms with Crippen molar-refractivity contribution in [1.82, 2.24) is 0 Å². The second kappa shape index (κ2) is 3.73. The van der Waals surface area contributed by atoms with Gasteiger partial charge in [0, 0.05) is 0 Å². The van der Waals surface area contributed by atoms with Crippen LogP contribution >= 0.6 is 0 Å². The van der Waals surface area contributed by atoms with Crippen LogP contribution in [-0.2, 0) is 9.59 Å². The molecule has 1 aromatic carbocycles. The third-order valence-corrected chi connectivity index (χ3v) is 2.12. The van der Waals surface area contributed by atoms with Crippen LogP contribution in [0.15, 0.2) is 24.3 Å². The van der Waals surface area contributed by atoms with E-state index in [0.717, 1.165) is 0 Å². The highest BCUT2D eigenvalue weighted by molar-refractivity contribution is 5.85. The van der Waals surface area contributed by atoms with Gasteiger partial charge in [0.25, 0.3) is 0 Å². The summed E-state index contributed by atoms with van der Waals surface area (Å²) in [5.74, 6) is -2.29. The first-order valence-electron chi connectivity index (χ1n) is 4.47. The van der Waals surface area contributed by atoms with Gasteiger partial charge >= 0.3 is 11.9 Å². The number of carbonyl (C=O) groups is 2. The fraction of sp³-hybridized carbons (Fsp3) is 0.200. The van der Waals surface area contributed by atoms with Crippen LogP contribution in [0.3, 0.4) is 0 Å². The van der Waals surface area contributed by atoms with Crippen molar-refractivity contribution >= 4 is 11.9 Å². The summed E-state index contributed by atoms with van der Waals surface area (Å²) in [5.41, 5.74) is 0. The van der Waals surface area contributed by atoms with Gasteiger partial charge in [-0.25, -0.2) is 9.59 Å². The highest BCUT2D eigenvalue weighted by Gasteiger charge is 2.41. The van der Waals surface area contributed by atoms with Crippen LogP contribution in [0.5, 0.6) is 11.5 Å². The first-order valence-corrected chi connectivity index (χ1v) is 4.47. The van der Waals surface area contributed by atoms with Crippen molar-refractivity contribution in [3.63, 3.8) is 0 Å². The second-order valence-corrected chi connectivity index (χ2v) is 3.20. The lowest BCUT2D eigenvalue weighted by atomic mass is 10.1. The summed E-state index contributed by atoms with van der Waals surface area (Å²) in [7, 11) is 0. The number of para-hydroxylation sites is 2. The van der Waals surface area contributed by atoms with Crippen LogP contribution < -0.4 is 9.47 Å². The Balaban J connectivity index is 2.37. The standard InChI is InChI=1S/C10H8O6/c11-9(12)7-8(10(13)14)16-6-4-2-1-3-5(6)15-7/h1-4,7-8H,(H,11,12)(H,13,14)/t7-,8-/m1/s1. The van der Waals surface area contributed by atoms with E-state index in [2.05, 4.69) is 0 Å². The molecule has 0 saturated heterocycles. The predicted octanol–water partition coefficient (Wildman–Crippen LogP) is 0.364. The van der Waals surface area contributed by atoms with Gasteiger partial charge in [-0.3, -0.25) is 0 Å². The first kappa shape index (κ1) is 10.3. The van der Waals surface area contributed by atoms with E-state index in [1.54, 1.807) is 12.1 Å². The Kier molecular flexibility index (Phi) is 2.40. The lowest BCUT2D eigenvalue weighted by Gasteiger charge is -2.28. The Morgan fingerprint density at radius 2 is 1.31 bits per heavy atom. The molecule has 0 bridgehead atoms. The normalized spacial score (nSPS) is 22.5. The molecule has 2 rings (SSSR count). The van der Waals surface area contributed by atoms with Crippen LogP contribution in [0.25, 0.3) is 0 Å². The third kappa shape index (κ3) is 1.65. The zero-order chi connectivity index (χ0) is 11.7. The number of fused-ring (bicyclic) bond motifs is 1. The Labute approximate surface area is 90.0 Å². The van der Waals surface area contributed by atoms with E-state index in [4.69, 9.17) is 19.7 Å². The third-order valence-electron chi connectivity index (χ3n) is 2.12. The summed E-state index contributed by atoms with van der Waals surface area (Å²) in [6.45, 7) is 0. The van der Waals surface area contributed by atoms with Crippen LogP contribution in [0, 0.1) is 0 Å². The molecule has 0 radical (unpaired) electrons. The molecule has 0 saturated carbocycles. The molecule has 0 fully saturated rings. The second-order valence-electron chi connectivity index (χ2n) is 3.20. The maximum atomic E-state index is 10.8.